The van der Waals surface area contributed by atoms with Crippen molar-refractivity contribution < 1.29 is 8.42 Å². The van der Waals surface area contributed by atoms with Crippen molar-refractivity contribution in [3.05, 3.63) is 61.3 Å². The number of benzene rings is 1. The van der Waals surface area contributed by atoms with Gasteiger partial charge in [0.05, 0.1) is 28.5 Å². The summed E-state index contributed by atoms with van der Waals surface area (Å²) in [5.41, 5.74) is 4.02. The van der Waals surface area contributed by atoms with Gasteiger partial charge < -0.3 is 5.32 Å². The molecule has 9 nitrogen and oxygen atoms in total. The number of anilines is 2. The van der Waals surface area contributed by atoms with E-state index in [1.54, 1.807) is 49.2 Å². The van der Waals surface area contributed by atoms with Gasteiger partial charge in [-0.1, -0.05) is 6.07 Å². The summed E-state index contributed by atoms with van der Waals surface area (Å²) in [6, 6.07) is 8.54. The number of aromatic nitrogens is 5. The van der Waals surface area contributed by atoms with Crippen LogP contribution in [0.4, 0.5) is 11.4 Å². The van der Waals surface area contributed by atoms with Gasteiger partial charge in [0, 0.05) is 43.8 Å². The molecule has 0 atom stereocenters. The van der Waals surface area contributed by atoms with Crippen LogP contribution >= 0.6 is 0 Å². The van der Waals surface area contributed by atoms with Crippen molar-refractivity contribution >= 4 is 49.1 Å². The Morgan fingerprint density at radius 2 is 1.87 bits per heavy atom. The Balaban J connectivity index is 1.74. The van der Waals surface area contributed by atoms with Crippen molar-refractivity contribution in [2.24, 2.45) is 0 Å². The Morgan fingerprint density at radius 1 is 1.03 bits per heavy atom. The van der Waals surface area contributed by atoms with Crippen LogP contribution in [0.5, 0.6) is 0 Å². The van der Waals surface area contributed by atoms with E-state index in [4.69, 9.17) is 4.98 Å². The highest BCUT2D eigenvalue weighted by Gasteiger charge is 2.19. The van der Waals surface area contributed by atoms with Crippen molar-refractivity contribution in [2.45, 2.75) is 4.90 Å². The van der Waals surface area contributed by atoms with Crippen LogP contribution in [0.3, 0.4) is 0 Å². The molecule has 0 spiro atoms. The minimum Gasteiger partial charge on any atom is -0.353 e. The molecule has 0 bridgehead atoms. The highest BCUT2D eigenvalue weighted by molar-refractivity contribution is 7.89. The molecule has 30 heavy (non-hydrogen) atoms. The smallest absolute Gasteiger partial charge is 0.242 e. The highest BCUT2D eigenvalue weighted by atomic mass is 32.2. The standard InChI is InChI=1S/C20H17N7O2S/c1-26(2)30(28,29)14-5-3-4-13(10-14)23-18-15-6-7-21-11-16(15)24-20-19(18)25-17-12-22-8-9-27(17)20/h3-12H,1-2H3,(H,23,24). The molecule has 0 aliphatic carbocycles. The second-order valence-corrected chi connectivity index (χ2v) is 9.06. The summed E-state index contributed by atoms with van der Waals surface area (Å²) in [7, 11) is -0.540. The SMILES string of the molecule is CN(C)S(=O)(=O)c1cccc(Nc2c3ccncc3nc3c2nc2cnccn23)c1. The predicted octanol–water partition coefficient (Wildman–Crippen LogP) is 2.82. The maximum absolute atomic E-state index is 12.5. The first-order valence-corrected chi connectivity index (χ1v) is 10.5. The van der Waals surface area contributed by atoms with E-state index in [9.17, 15) is 8.42 Å². The van der Waals surface area contributed by atoms with Gasteiger partial charge in [0.15, 0.2) is 11.3 Å². The van der Waals surface area contributed by atoms with Gasteiger partial charge in [-0.25, -0.2) is 22.7 Å². The molecule has 1 aromatic carbocycles. The van der Waals surface area contributed by atoms with Crippen molar-refractivity contribution in [3.63, 3.8) is 0 Å². The molecule has 0 unspecified atom stereocenters. The summed E-state index contributed by atoms with van der Waals surface area (Å²) in [6.07, 6.45) is 8.51. The average molecular weight is 419 g/mol. The first-order chi connectivity index (χ1) is 14.4. The van der Waals surface area contributed by atoms with Crippen LogP contribution in [0.2, 0.25) is 0 Å². The Bertz CT molecular complexity index is 1530. The first kappa shape index (κ1) is 18.4. The number of hydrogen-bond acceptors (Lipinski definition) is 7. The summed E-state index contributed by atoms with van der Waals surface area (Å²) in [4.78, 5) is 17.9. The van der Waals surface area contributed by atoms with Crippen molar-refractivity contribution in [1.29, 1.82) is 0 Å². The molecule has 150 valence electrons. The molecule has 4 aromatic heterocycles. The van der Waals surface area contributed by atoms with Crippen LogP contribution in [0.15, 0.2) is 66.2 Å². The van der Waals surface area contributed by atoms with E-state index in [-0.39, 0.29) is 4.90 Å². The summed E-state index contributed by atoms with van der Waals surface area (Å²) < 4.78 is 28.1. The van der Waals surface area contributed by atoms with Crippen molar-refractivity contribution in [3.8, 4) is 0 Å². The number of pyridine rings is 2. The predicted molar refractivity (Wildman–Crippen MR) is 114 cm³/mol. The number of hydrogen-bond donors (Lipinski definition) is 1. The quantitative estimate of drug-likeness (QED) is 0.477. The number of sulfonamides is 1. The third-order valence-electron chi connectivity index (χ3n) is 4.82. The molecular weight excluding hydrogens is 402 g/mol. The van der Waals surface area contributed by atoms with Crippen LogP contribution < -0.4 is 5.32 Å². The zero-order valence-electron chi connectivity index (χ0n) is 16.2. The molecule has 0 amide bonds. The molecule has 5 aromatic rings. The summed E-state index contributed by atoms with van der Waals surface area (Å²) >= 11 is 0. The molecular formula is C20H17N7O2S. The average Bonchev–Trinajstić information content (AvgIpc) is 3.12. The molecule has 0 saturated heterocycles. The Labute approximate surface area is 172 Å². The van der Waals surface area contributed by atoms with Gasteiger partial charge in [-0.2, -0.15) is 0 Å². The van der Waals surface area contributed by atoms with Crippen molar-refractivity contribution in [1.82, 2.24) is 28.6 Å². The lowest BCUT2D eigenvalue weighted by molar-refractivity contribution is 0.521. The molecule has 0 radical (unpaired) electrons. The summed E-state index contributed by atoms with van der Waals surface area (Å²) in [5.74, 6) is 0. The normalized spacial score (nSPS) is 12.2. The lowest BCUT2D eigenvalue weighted by Crippen LogP contribution is -2.22. The fraction of sp³-hybridized carbons (Fsp3) is 0.100. The topological polar surface area (TPSA) is 105 Å². The number of nitrogens with zero attached hydrogens (tertiary/aromatic N) is 6. The van der Waals surface area contributed by atoms with Crippen molar-refractivity contribution in [2.75, 3.05) is 19.4 Å². The van der Waals surface area contributed by atoms with Crippen LogP contribution in [0.1, 0.15) is 0 Å². The fourth-order valence-electron chi connectivity index (χ4n) is 3.31. The number of imidazole rings is 1. The van der Waals surface area contributed by atoms with Gasteiger partial charge >= 0.3 is 0 Å². The van der Waals surface area contributed by atoms with Gasteiger partial charge in [-0.3, -0.25) is 14.4 Å². The first-order valence-electron chi connectivity index (χ1n) is 9.10. The van der Waals surface area contributed by atoms with Crippen LogP contribution in [-0.2, 0) is 10.0 Å². The molecule has 10 heteroatoms. The van der Waals surface area contributed by atoms with Gasteiger partial charge in [0.25, 0.3) is 0 Å². The van der Waals surface area contributed by atoms with E-state index in [1.165, 1.54) is 18.4 Å². The van der Waals surface area contributed by atoms with E-state index in [0.29, 0.717) is 28.0 Å². The van der Waals surface area contributed by atoms with Gasteiger partial charge in [0.2, 0.25) is 10.0 Å². The van der Waals surface area contributed by atoms with E-state index >= 15 is 0 Å². The Morgan fingerprint density at radius 3 is 2.70 bits per heavy atom. The molecule has 5 rings (SSSR count). The van der Waals surface area contributed by atoms with E-state index in [0.717, 1.165) is 11.1 Å². The maximum Gasteiger partial charge on any atom is 0.242 e. The summed E-state index contributed by atoms with van der Waals surface area (Å²) in [5, 5.41) is 4.18. The third kappa shape index (κ3) is 2.85. The number of nitrogens with one attached hydrogen (secondary N) is 1. The molecule has 4 heterocycles. The Kier molecular flexibility index (Phi) is 4.12. The molecule has 0 aliphatic heterocycles. The maximum atomic E-state index is 12.5. The lowest BCUT2D eigenvalue weighted by atomic mass is 10.2. The lowest BCUT2D eigenvalue weighted by Gasteiger charge is -2.14. The zero-order chi connectivity index (χ0) is 20.9. The largest absolute Gasteiger partial charge is 0.353 e. The van der Waals surface area contributed by atoms with Crippen LogP contribution in [-0.4, -0.2) is 51.2 Å². The van der Waals surface area contributed by atoms with Crippen LogP contribution in [0.25, 0.3) is 27.7 Å². The van der Waals surface area contributed by atoms with Gasteiger partial charge in [-0.15, -0.1) is 0 Å². The monoisotopic (exact) mass is 419 g/mol. The van der Waals surface area contributed by atoms with E-state index in [1.807, 2.05) is 16.5 Å². The molecule has 1 N–H and O–H groups in total. The van der Waals surface area contributed by atoms with Crippen LogP contribution in [0, 0.1) is 0 Å². The highest BCUT2D eigenvalue weighted by Crippen LogP contribution is 2.33. The minimum atomic E-state index is -3.55. The molecule has 0 fully saturated rings. The second-order valence-electron chi connectivity index (χ2n) is 6.91. The fourth-order valence-corrected chi connectivity index (χ4v) is 4.26. The number of fused-ring (bicyclic) bond motifs is 4. The van der Waals surface area contributed by atoms with Gasteiger partial charge in [-0.05, 0) is 24.3 Å². The zero-order valence-corrected chi connectivity index (χ0v) is 17.0. The Hall–Kier alpha value is -3.63. The van der Waals surface area contributed by atoms with E-state index in [2.05, 4.69) is 20.3 Å². The van der Waals surface area contributed by atoms with Gasteiger partial charge in [0.1, 0.15) is 5.52 Å². The number of rotatable bonds is 4. The third-order valence-corrected chi connectivity index (χ3v) is 6.63. The molecule has 0 saturated carbocycles. The molecule has 0 aliphatic rings. The van der Waals surface area contributed by atoms with E-state index < -0.39 is 10.0 Å². The summed E-state index contributed by atoms with van der Waals surface area (Å²) in [6.45, 7) is 0. The second kappa shape index (κ2) is 6.71. The minimum absolute atomic E-state index is 0.202.